The standard InChI is InChI=1S/C19H16ClF3N4O4S/c20-15-9-14(19(21,22)23)11-26(18(15)29)12-17(28)25-5-7-27(8-6-25)32(30,31)16-4-2-1-3-13(16)10-24/h1-4,9,11H,5-8,12H2. The number of rotatable bonds is 4. The molecule has 1 aromatic carbocycles. The maximum absolute atomic E-state index is 13.0. The van der Waals surface area contributed by atoms with E-state index in [0.717, 1.165) is 4.31 Å². The third kappa shape index (κ3) is 4.79. The molecule has 1 fully saturated rings. The third-order valence-corrected chi connectivity index (χ3v) is 7.12. The number of aromatic nitrogens is 1. The smallest absolute Gasteiger partial charge is 0.339 e. The SMILES string of the molecule is N#Cc1ccccc1S(=O)(=O)N1CCN(C(=O)Cn2cc(C(F)(F)F)cc(Cl)c2=O)CC1. The summed E-state index contributed by atoms with van der Waals surface area (Å²) in [7, 11) is -3.97. The molecule has 0 saturated carbocycles. The number of nitriles is 1. The van der Waals surface area contributed by atoms with Gasteiger partial charge in [-0.3, -0.25) is 9.59 Å². The molecular formula is C19H16ClF3N4O4S. The van der Waals surface area contributed by atoms with Crippen LogP contribution in [0, 0.1) is 11.3 Å². The van der Waals surface area contributed by atoms with Gasteiger partial charge in [0.15, 0.2) is 0 Å². The predicted octanol–water partition coefficient (Wildman–Crippen LogP) is 1.93. The van der Waals surface area contributed by atoms with E-state index in [1.165, 1.54) is 29.2 Å². The monoisotopic (exact) mass is 488 g/mol. The van der Waals surface area contributed by atoms with Gasteiger partial charge in [0.2, 0.25) is 15.9 Å². The molecule has 170 valence electrons. The Labute approximate surface area is 186 Å². The molecule has 2 heterocycles. The number of alkyl halides is 3. The number of benzene rings is 1. The molecule has 1 amide bonds. The fourth-order valence-electron chi connectivity index (χ4n) is 3.22. The quantitative estimate of drug-likeness (QED) is 0.654. The first-order chi connectivity index (χ1) is 14.9. The van der Waals surface area contributed by atoms with Crippen molar-refractivity contribution in [1.29, 1.82) is 5.26 Å². The van der Waals surface area contributed by atoms with Gasteiger partial charge in [0, 0.05) is 32.4 Å². The molecule has 0 atom stereocenters. The molecular weight excluding hydrogens is 473 g/mol. The van der Waals surface area contributed by atoms with Crippen LogP contribution in [-0.2, 0) is 27.5 Å². The van der Waals surface area contributed by atoms with E-state index in [1.54, 1.807) is 0 Å². The zero-order valence-corrected chi connectivity index (χ0v) is 17.9. The second-order valence-corrected chi connectivity index (χ2v) is 9.21. The van der Waals surface area contributed by atoms with E-state index < -0.39 is 44.8 Å². The normalized spacial score (nSPS) is 15.4. The molecule has 1 aliphatic heterocycles. The summed E-state index contributed by atoms with van der Waals surface area (Å²) in [6, 6.07) is 8.04. The van der Waals surface area contributed by atoms with Crippen LogP contribution in [-0.4, -0.2) is 54.3 Å². The summed E-state index contributed by atoms with van der Waals surface area (Å²) >= 11 is 5.59. The van der Waals surface area contributed by atoms with Gasteiger partial charge in [-0.2, -0.15) is 22.7 Å². The predicted molar refractivity (Wildman–Crippen MR) is 107 cm³/mol. The average molecular weight is 489 g/mol. The summed E-state index contributed by atoms with van der Waals surface area (Å²) in [6.45, 7) is -0.896. The van der Waals surface area contributed by atoms with E-state index in [4.69, 9.17) is 16.9 Å². The van der Waals surface area contributed by atoms with Crippen LogP contribution in [0.2, 0.25) is 5.02 Å². The molecule has 2 aromatic rings. The van der Waals surface area contributed by atoms with E-state index >= 15 is 0 Å². The average Bonchev–Trinajstić information content (AvgIpc) is 2.76. The third-order valence-electron chi connectivity index (χ3n) is 4.89. The van der Waals surface area contributed by atoms with Gasteiger partial charge in [-0.25, -0.2) is 8.42 Å². The van der Waals surface area contributed by atoms with Gasteiger partial charge in [0.05, 0.1) is 16.0 Å². The number of carbonyl (C=O) groups excluding carboxylic acids is 1. The topological polar surface area (TPSA) is 103 Å². The molecule has 1 aliphatic rings. The Morgan fingerprint density at radius 2 is 1.78 bits per heavy atom. The highest BCUT2D eigenvalue weighted by Crippen LogP contribution is 2.29. The largest absolute Gasteiger partial charge is 0.417 e. The number of sulfonamides is 1. The first-order valence-electron chi connectivity index (χ1n) is 9.19. The van der Waals surface area contributed by atoms with Gasteiger partial charge in [-0.05, 0) is 18.2 Å². The minimum absolute atomic E-state index is 0.00759. The van der Waals surface area contributed by atoms with Crippen molar-refractivity contribution < 1.29 is 26.4 Å². The summed E-state index contributed by atoms with van der Waals surface area (Å²) in [6.07, 6.45) is -4.23. The Morgan fingerprint density at radius 3 is 2.38 bits per heavy atom. The number of halogens is 4. The molecule has 32 heavy (non-hydrogen) atoms. The van der Waals surface area contributed by atoms with Crippen LogP contribution < -0.4 is 5.56 Å². The van der Waals surface area contributed by atoms with Gasteiger partial charge in [-0.15, -0.1) is 0 Å². The summed E-state index contributed by atoms with van der Waals surface area (Å²) in [5, 5.41) is 8.49. The Morgan fingerprint density at radius 1 is 1.16 bits per heavy atom. The van der Waals surface area contributed by atoms with Gasteiger partial charge in [0.1, 0.15) is 17.6 Å². The van der Waals surface area contributed by atoms with Gasteiger partial charge in [0.25, 0.3) is 5.56 Å². The molecule has 13 heteroatoms. The summed E-state index contributed by atoms with van der Waals surface area (Å²) in [5.41, 5.74) is -2.11. The number of amides is 1. The fourth-order valence-corrected chi connectivity index (χ4v) is 5.01. The lowest BCUT2D eigenvalue weighted by Gasteiger charge is -2.34. The number of carbonyl (C=O) groups is 1. The van der Waals surface area contributed by atoms with Crippen molar-refractivity contribution in [1.82, 2.24) is 13.8 Å². The molecule has 0 bridgehead atoms. The zero-order chi connectivity index (χ0) is 23.7. The van der Waals surface area contributed by atoms with Crippen LogP contribution in [0.4, 0.5) is 13.2 Å². The fraction of sp³-hybridized carbons (Fsp3) is 0.316. The first kappa shape index (κ1) is 23.8. The molecule has 3 rings (SSSR count). The summed E-state index contributed by atoms with van der Waals surface area (Å²) in [4.78, 5) is 25.7. The first-order valence-corrected chi connectivity index (χ1v) is 11.0. The molecule has 0 N–H and O–H groups in total. The van der Waals surface area contributed by atoms with Crippen molar-refractivity contribution >= 4 is 27.5 Å². The van der Waals surface area contributed by atoms with Crippen LogP contribution in [0.15, 0.2) is 46.2 Å². The van der Waals surface area contributed by atoms with Crippen molar-refractivity contribution in [2.45, 2.75) is 17.6 Å². The maximum Gasteiger partial charge on any atom is 0.417 e. The number of piperazine rings is 1. The van der Waals surface area contributed by atoms with Crippen LogP contribution in [0.25, 0.3) is 0 Å². The Hall–Kier alpha value is -2.88. The molecule has 1 saturated heterocycles. The molecule has 0 spiro atoms. The second-order valence-electron chi connectivity index (χ2n) is 6.90. The van der Waals surface area contributed by atoms with Crippen molar-refractivity contribution in [3.05, 3.63) is 63.0 Å². The molecule has 0 radical (unpaired) electrons. The van der Waals surface area contributed by atoms with E-state index in [1.807, 2.05) is 6.07 Å². The van der Waals surface area contributed by atoms with E-state index in [9.17, 15) is 31.2 Å². The van der Waals surface area contributed by atoms with Gasteiger partial charge >= 0.3 is 6.18 Å². The lowest BCUT2D eigenvalue weighted by molar-refractivity contribution is -0.139. The number of pyridine rings is 1. The Balaban J connectivity index is 1.73. The molecule has 0 aliphatic carbocycles. The maximum atomic E-state index is 13.0. The van der Waals surface area contributed by atoms with Crippen LogP contribution in [0.3, 0.4) is 0 Å². The van der Waals surface area contributed by atoms with Crippen molar-refractivity contribution in [2.75, 3.05) is 26.2 Å². The zero-order valence-electron chi connectivity index (χ0n) is 16.3. The van der Waals surface area contributed by atoms with Crippen LogP contribution in [0.1, 0.15) is 11.1 Å². The second kappa shape index (κ2) is 8.93. The van der Waals surface area contributed by atoms with Crippen molar-refractivity contribution in [2.24, 2.45) is 0 Å². The van der Waals surface area contributed by atoms with Crippen LogP contribution >= 0.6 is 11.6 Å². The summed E-state index contributed by atoms with van der Waals surface area (Å²) < 4.78 is 66.3. The molecule has 8 nitrogen and oxygen atoms in total. The Kier molecular flexibility index (Phi) is 6.64. The van der Waals surface area contributed by atoms with E-state index in [2.05, 4.69) is 0 Å². The van der Waals surface area contributed by atoms with E-state index in [0.29, 0.717) is 16.8 Å². The van der Waals surface area contributed by atoms with Gasteiger partial charge in [-0.1, -0.05) is 23.7 Å². The number of hydrogen-bond acceptors (Lipinski definition) is 5. The highest BCUT2D eigenvalue weighted by molar-refractivity contribution is 7.89. The van der Waals surface area contributed by atoms with E-state index in [-0.39, 0.29) is 36.6 Å². The lowest BCUT2D eigenvalue weighted by Crippen LogP contribution is -2.51. The minimum atomic E-state index is -4.75. The molecule has 0 unspecified atom stereocenters. The lowest BCUT2D eigenvalue weighted by atomic mass is 10.2. The van der Waals surface area contributed by atoms with Gasteiger partial charge < -0.3 is 9.47 Å². The molecule has 1 aromatic heterocycles. The number of hydrogen-bond donors (Lipinski definition) is 0. The minimum Gasteiger partial charge on any atom is -0.339 e. The summed E-state index contributed by atoms with van der Waals surface area (Å²) in [5.74, 6) is -0.656. The highest BCUT2D eigenvalue weighted by Gasteiger charge is 2.34. The highest BCUT2D eigenvalue weighted by atomic mass is 35.5. The van der Waals surface area contributed by atoms with Crippen LogP contribution in [0.5, 0.6) is 0 Å². The Bertz CT molecular complexity index is 1250. The number of nitrogens with zero attached hydrogens (tertiary/aromatic N) is 4. The van der Waals surface area contributed by atoms with Crippen molar-refractivity contribution in [3.8, 4) is 6.07 Å². The van der Waals surface area contributed by atoms with Crippen molar-refractivity contribution in [3.63, 3.8) is 0 Å².